The van der Waals surface area contributed by atoms with Gasteiger partial charge in [0.25, 0.3) is 0 Å². The van der Waals surface area contributed by atoms with Gasteiger partial charge in [0.1, 0.15) is 0 Å². The van der Waals surface area contributed by atoms with Crippen molar-refractivity contribution in [3.63, 3.8) is 0 Å². The van der Waals surface area contributed by atoms with Gasteiger partial charge in [0.2, 0.25) is 0 Å². The molecule has 0 aliphatic rings. The van der Waals surface area contributed by atoms with E-state index in [9.17, 15) is 0 Å². The highest BCUT2D eigenvalue weighted by Gasteiger charge is 2.18. The van der Waals surface area contributed by atoms with Gasteiger partial charge in [0.15, 0.2) is 0 Å². The van der Waals surface area contributed by atoms with Crippen LogP contribution in [0.25, 0.3) is 0 Å². The fraction of sp³-hybridized carbons (Fsp3) is 1.00. The highest BCUT2D eigenvalue weighted by Crippen LogP contribution is 2.17. The molecule has 0 aromatic heterocycles. The molecule has 0 spiro atoms. The van der Waals surface area contributed by atoms with Crippen LogP contribution in [0.1, 0.15) is 42.5 Å². The van der Waals surface area contributed by atoms with Crippen molar-refractivity contribution in [1.82, 2.24) is 5.32 Å². The molecule has 10 heavy (non-hydrogen) atoms. The van der Waals surface area contributed by atoms with E-state index < -0.39 is 0 Å². The highest BCUT2D eigenvalue weighted by atomic mass is 14.9. The molecule has 0 rings (SSSR count). The molecule has 0 heterocycles. The Labute approximate surface area is 66.7 Å². The van der Waals surface area contributed by atoms with Crippen LogP contribution < -0.4 is 5.32 Å². The zero-order chi connectivity index (χ0) is 8.20. The van der Waals surface area contributed by atoms with E-state index >= 15 is 0 Å². The topological polar surface area (TPSA) is 12.0 Å². The lowest BCUT2D eigenvalue weighted by Crippen LogP contribution is -2.37. The van der Waals surface area contributed by atoms with Gasteiger partial charge >= 0.3 is 0 Å². The van der Waals surface area contributed by atoms with E-state index in [1.54, 1.807) is 0 Å². The van der Waals surface area contributed by atoms with Crippen molar-refractivity contribution in [3.8, 4) is 0 Å². The smallest absolute Gasteiger partial charge is 0.00872 e. The Balaban J connectivity index is 0. The van der Waals surface area contributed by atoms with Crippen LogP contribution in [0.3, 0.4) is 0 Å². The number of hydrogen-bond acceptors (Lipinski definition) is 1. The van der Waals surface area contributed by atoms with Crippen LogP contribution in [0, 0.1) is 5.41 Å². The number of nitrogens with one attached hydrogen (secondary N) is 1. The maximum atomic E-state index is 3.47. The van der Waals surface area contributed by atoms with E-state index in [1.807, 2.05) is 0 Å². The minimum atomic E-state index is 0. The minimum absolute atomic E-state index is 0. The zero-order valence-corrected chi connectivity index (χ0v) is 7.99. The van der Waals surface area contributed by atoms with Gasteiger partial charge in [0.05, 0.1) is 0 Å². The minimum Gasteiger partial charge on any atom is -0.314 e. The fourth-order valence-corrected chi connectivity index (χ4v) is 0.667. The lowest BCUT2D eigenvalue weighted by atomic mass is 9.88. The van der Waals surface area contributed by atoms with E-state index in [0.29, 0.717) is 11.5 Å². The van der Waals surface area contributed by atoms with Crippen LogP contribution >= 0.6 is 0 Å². The molecule has 0 amide bonds. The third-order valence-electron chi connectivity index (χ3n) is 2.00. The van der Waals surface area contributed by atoms with Crippen molar-refractivity contribution in [2.75, 3.05) is 6.54 Å². The summed E-state index contributed by atoms with van der Waals surface area (Å²) in [5.74, 6) is 0. The first kappa shape index (κ1) is 9.96. The second-order valence-corrected chi connectivity index (χ2v) is 4.04. The summed E-state index contributed by atoms with van der Waals surface area (Å²) in [4.78, 5) is 0. The average Bonchev–Trinajstić information content (AvgIpc) is 1.80. The standard InChI is InChI=1S/C9H21N.H2/c1-6-7-10-8(2)9(3,4)5;/h8,10H,6-7H2,1-5H3;1H. The first-order valence-corrected chi connectivity index (χ1v) is 4.22. The van der Waals surface area contributed by atoms with Crippen molar-refractivity contribution in [2.45, 2.75) is 47.1 Å². The second kappa shape index (κ2) is 3.97. The summed E-state index contributed by atoms with van der Waals surface area (Å²) in [5.41, 5.74) is 0.398. The molecule has 1 N–H and O–H groups in total. The summed E-state index contributed by atoms with van der Waals surface area (Å²) in [7, 11) is 0. The van der Waals surface area contributed by atoms with Gasteiger partial charge in [0, 0.05) is 7.47 Å². The Morgan fingerprint density at radius 1 is 1.40 bits per heavy atom. The van der Waals surface area contributed by atoms with Crippen molar-refractivity contribution < 1.29 is 1.43 Å². The number of rotatable bonds is 3. The summed E-state index contributed by atoms with van der Waals surface area (Å²) < 4.78 is 0. The molecule has 0 aliphatic heterocycles. The normalized spacial score (nSPS) is 15.3. The summed E-state index contributed by atoms with van der Waals surface area (Å²) in [6.07, 6.45) is 1.22. The molecule has 1 nitrogen and oxygen atoms in total. The first-order chi connectivity index (χ1) is 4.48. The molecule has 64 valence electrons. The Morgan fingerprint density at radius 2 is 1.90 bits per heavy atom. The van der Waals surface area contributed by atoms with Gasteiger partial charge in [-0.3, -0.25) is 0 Å². The van der Waals surface area contributed by atoms with Crippen molar-refractivity contribution in [2.24, 2.45) is 5.41 Å². The lowest BCUT2D eigenvalue weighted by molar-refractivity contribution is 0.287. The number of hydrogen-bond donors (Lipinski definition) is 1. The quantitative estimate of drug-likeness (QED) is 0.644. The molecule has 0 saturated carbocycles. The molecule has 0 aromatic rings. The molecule has 1 atom stereocenters. The maximum Gasteiger partial charge on any atom is 0.00872 e. The molecule has 0 aliphatic carbocycles. The van der Waals surface area contributed by atoms with Gasteiger partial charge in [-0.25, -0.2) is 0 Å². The van der Waals surface area contributed by atoms with Crippen LogP contribution in [0.2, 0.25) is 0 Å². The summed E-state index contributed by atoms with van der Waals surface area (Å²) in [6, 6.07) is 0.618. The zero-order valence-electron chi connectivity index (χ0n) is 7.99. The Bertz CT molecular complexity index is 86.1. The molecule has 1 unspecified atom stereocenters. The molecule has 0 radical (unpaired) electrons. The SMILES string of the molecule is CCCNC(C)C(C)(C)C.[HH]. The molecular weight excluding hydrogens is 122 g/mol. The molecule has 0 aromatic carbocycles. The largest absolute Gasteiger partial charge is 0.314 e. The van der Waals surface area contributed by atoms with Gasteiger partial charge in [-0.2, -0.15) is 0 Å². The van der Waals surface area contributed by atoms with E-state index in [-0.39, 0.29) is 1.43 Å². The van der Waals surface area contributed by atoms with Crippen LogP contribution in [-0.4, -0.2) is 12.6 Å². The van der Waals surface area contributed by atoms with Gasteiger partial charge in [-0.1, -0.05) is 27.7 Å². The maximum absolute atomic E-state index is 3.47. The third-order valence-corrected chi connectivity index (χ3v) is 2.00. The van der Waals surface area contributed by atoms with Crippen molar-refractivity contribution in [1.29, 1.82) is 0 Å². The van der Waals surface area contributed by atoms with E-state index in [4.69, 9.17) is 0 Å². The van der Waals surface area contributed by atoms with Gasteiger partial charge in [-0.05, 0) is 25.3 Å². The molecule has 0 bridgehead atoms. The summed E-state index contributed by atoms with van der Waals surface area (Å²) >= 11 is 0. The van der Waals surface area contributed by atoms with Gasteiger partial charge in [-0.15, -0.1) is 0 Å². The van der Waals surface area contributed by atoms with Gasteiger partial charge < -0.3 is 5.32 Å². The first-order valence-electron chi connectivity index (χ1n) is 4.22. The van der Waals surface area contributed by atoms with Crippen LogP contribution in [0.5, 0.6) is 0 Å². The fourth-order valence-electron chi connectivity index (χ4n) is 0.667. The monoisotopic (exact) mass is 145 g/mol. The molecule has 0 fully saturated rings. The predicted molar refractivity (Wildman–Crippen MR) is 49.3 cm³/mol. The highest BCUT2D eigenvalue weighted by molar-refractivity contribution is 4.75. The molecule has 0 saturated heterocycles. The Kier molecular flexibility index (Phi) is 3.95. The van der Waals surface area contributed by atoms with Crippen molar-refractivity contribution in [3.05, 3.63) is 0 Å². The van der Waals surface area contributed by atoms with E-state index in [1.165, 1.54) is 6.42 Å². The van der Waals surface area contributed by atoms with Crippen molar-refractivity contribution >= 4 is 0 Å². The van der Waals surface area contributed by atoms with E-state index in [0.717, 1.165) is 6.54 Å². The Morgan fingerprint density at radius 3 is 2.20 bits per heavy atom. The van der Waals surface area contributed by atoms with Crippen LogP contribution in [0.15, 0.2) is 0 Å². The van der Waals surface area contributed by atoms with Crippen LogP contribution in [0.4, 0.5) is 0 Å². The summed E-state index contributed by atoms with van der Waals surface area (Å²) in [6.45, 7) is 12.4. The van der Waals surface area contributed by atoms with Crippen LogP contribution in [-0.2, 0) is 0 Å². The molecular formula is C9H23N. The second-order valence-electron chi connectivity index (χ2n) is 4.04. The average molecular weight is 145 g/mol. The third kappa shape index (κ3) is 3.89. The summed E-state index contributed by atoms with van der Waals surface area (Å²) in [5, 5.41) is 3.47. The molecule has 1 heteroatoms. The lowest BCUT2D eigenvalue weighted by Gasteiger charge is -2.28. The Hall–Kier alpha value is -0.0400. The predicted octanol–water partition coefficient (Wildman–Crippen LogP) is 2.67. The van der Waals surface area contributed by atoms with E-state index in [2.05, 4.69) is 39.9 Å².